The molecule has 10 heteroatoms. The van der Waals surface area contributed by atoms with Gasteiger partial charge in [-0.25, -0.2) is 13.2 Å². The fourth-order valence-corrected chi connectivity index (χ4v) is 5.33. The molecule has 26 heavy (non-hydrogen) atoms. The van der Waals surface area contributed by atoms with Gasteiger partial charge in [-0.15, -0.1) is 0 Å². The molecule has 2 saturated heterocycles. The van der Waals surface area contributed by atoms with Gasteiger partial charge in [0.15, 0.2) is 0 Å². The largest absolute Gasteiger partial charge is 0.465 e. The van der Waals surface area contributed by atoms with Crippen LogP contribution in [0.2, 0.25) is 0 Å². The monoisotopic (exact) mass is 398 g/mol. The summed E-state index contributed by atoms with van der Waals surface area (Å²) in [6, 6.07) is 5.31. The zero-order valence-corrected chi connectivity index (χ0v) is 15.7. The molecule has 2 amide bonds. The number of hydrogen-bond donors (Lipinski definition) is 0. The van der Waals surface area contributed by atoms with Gasteiger partial charge in [0, 0.05) is 19.1 Å². The van der Waals surface area contributed by atoms with Crippen molar-refractivity contribution in [3.8, 4) is 0 Å². The van der Waals surface area contributed by atoms with Crippen LogP contribution in [-0.4, -0.2) is 66.7 Å². The molecule has 0 radical (unpaired) electrons. The molecule has 140 valence electrons. The number of methoxy groups -OCH3 is 1. The summed E-state index contributed by atoms with van der Waals surface area (Å²) in [6.45, 7) is 0.459. The Morgan fingerprint density at radius 1 is 1.15 bits per heavy atom. The second-order valence-electron chi connectivity index (χ2n) is 5.97. The number of carbonyl (C=O) groups excluding carboxylic acids is 3. The maximum atomic E-state index is 12.8. The molecule has 0 atom stereocenters. The molecule has 0 spiro atoms. The number of hydrogen-bond acceptors (Lipinski definition) is 7. The fourth-order valence-electron chi connectivity index (χ4n) is 3.09. The molecule has 1 aromatic carbocycles. The lowest BCUT2D eigenvalue weighted by Gasteiger charge is -2.34. The van der Waals surface area contributed by atoms with Crippen LogP contribution < -0.4 is 0 Å². The molecule has 0 aliphatic carbocycles. The average Bonchev–Trinajstić information content (AvgIpc) is 2.99. The summed E-state index contributed by atoms with van der Waals surface area (Å²) in [7, 11) is -2.44. The van der Waals surface area contributed by atoms with E-state index in [1.165, 1.54) is 40.6 Å². The molecule has 0 N–H and O–H groups in total. The van der Waals surface area contributed by atoms with Crippen LogP contribution in [0.1, 0.15) is 23.2 Å². The van der Waals surface area contributed by atoms with Crippen LogP contribution in [-0.2, 0) is 19.6 Å². The van der Waals surface area contributed by atoms with Crippen molar-refractivity contribution < 1.29 is 27.5 Å². The molecule has 2 fully saturated rings. The van der Waals surface area contributed by atoms with E-state index in [2.05, 4.69) is 4.74 Å². The highest BCUT2D eigenvalue weighted by atomic mass is 32.2. The van der Waals surface area contributed by atoms with Gasteiger partial charge in [0.25, 0.3) is 5.24 Å². The van der Waals surface area contributed by atoms with Crippen LogP contribution in [0.25, 0.3) is 0 Å². The number of sulfonamides is 1. The number of thioether (sulfide) groups is 1. The van der Waals surface area contributed by atoms with Gasteiger partial charge < -0.3 is 4.74 Å². The number of amides is 2. The van der Waals surface area contributed by atoms with Crippen molar-refractivity contribution in [3.05, 3.63) is 29.8 Å². The molecule has 3 rings (SSSR count). The van der Waals surface area contributed by atoms with Gasteiger partial charge in [-0.2, -0.15) is 4.31 Å². The van der Waals surface area contributed by atoms with Gasteiger partial charge in [-0.3, -0.25) is 14.5 Å². The van der Waals surface area contributed by atoms with E-state index in [0.29, 0.717) is 12.8 Å². The smallest absolute Gasteiger partial charge is 0.337 e. The van der Waals surface area contributed by atoms with Crippen molar-refractivity contribution in [2.24, 2.45) is 0 Å². The number of esters is 1. The molecule has 0 bridgehead atoms. The molecule has 8 nitrogen and oxygen atoms in total. The predicted octanol–water partition coefficient (Wildman–Crippen LogP) is 1.32. The van der Waals surface area contributed by atoms with E-state index in [0.717, 1.165) is 11.8 Å². The molecule has 2 aliphatic rings. The van der Waals surface area contributed by atoms with Crippen molar-refractivity contribution in [2.75, 3.05) is 26.0 Å². The Morgan fingerprint density at radius 2 is 1.77 bits per heavy atom. The normalized spacial score (nSPS) is 19.8. The number of nitrogens with zero attached hydrogens (tertiary/aromatic N) is 2. The van der Waals surface area contributed by atoms with Crippen LogP contribution in [0.15, 0.2) is 29.2 Å². The number of piperidine rings is 1. The van der Waals surface area contributed by atoms with Crippen LogP contribution in [0.3, 0.4) is 0 Å². The Kier molecular flexibility index (Phi) is 5.35. The van der Waals surface area contributed by atoms with E-state index in [1.54, 1.807) is 0 Å². The van der Waals surface area contributed by atoms with Gasteiger partial charge in [0.1, 0.15) is 0 Å². The van der Waals surface area contributed by atoms with Crippen molar-refractivity contribution in [3.63, 3.8) is 0 Å². The lowest BCUT2D eigenvalue weighted by Crippen LogP contribution is -2.48. The highest BCUT2D eigenvalue weighted by molar-refractivity contribution is 8.14. The topological polar surface area (TPSA) is 101 Å². The third-order valence-electron chi connectivity index (χ3n) is 4.49. The summed E-state index contributed by atoms with van der Waals surface area (Å²) in [5, 5.41) is -0.255. The third kappa shape index (κ3) is 3.49. The van der Waals surface area contributed by atoms with E-state index in [4.69, 9.17) is 0 Å². The summed E-state index contributed by atoms with van der Waals surface area (Å²) >= 11 is 0.984. The minimum absolute atomic E-state index is 0.0903. The second-order valence-corrected chi connectivity index (χ2v) is 8.83. The molecule has 2 aliphatic heterocycles. The number of carbonyl (C=O) groups is 3. The van der Waals surface area contributed by atoms with E-state index in [1.807, 2.05) is 0 Å². The Labute approximate surface area is 155 Å². The van der Waals surface area contributed by atoms with Crippen LogP contribution >= 0.6 is 11.8 Å². The number of benzene rings is 1. The first-order chi connectivity index (χ1) is 12.3. The third-order valence-corrected chi connectivity index (χ3v) is 7.23. The number of ether oxygens (including phenoxy) is 1. The second kappa shape index (κ2) is 7.37. The van der Waals surface area contributed by atoms with E-state index in [9.17, 15) is 22.8 Å². The lowest BCUT2D eigenvalue weighted by molar-refractivity contribution is -0.126. The average molecular weight is 398 g/mol. The van der Waals surface area contributed by atoms with E-state index >= 15 is 0 Å². The molecular weight excluding hydrogens is 380 g/mol. The Balaban J connectivity index is 1.69. The first-order valence-electron chi connectivity index (χ1n) is 8.02. The van der Waals surface area contributed by atoms with Crippen LogP contribution in [0.5, 0.6) is 0 Å². The van der Waals surface area contributed by atoms with Gasteiger partial charge in [-0.05, 0) is 37.1 Å². The van der Waals surface area contributed by atoms with Crippen LogP contribution in [0.4, 0.5) is 4.79 Å². The minimum Gasteiger partial charge on any atom is -0.465 e. The molecular formula is C16H18N2O6S2. The zero-order chi connectivity index (χ0) is 18.9. The highest BCUT2D eigenvalue weighted by Crippen LogP contribution is 2.28. The van der Waals surface area contributed by atoms with Crippen molar-refractivity contribution in [1.29, 1.82) is 0 Å². The first-order valence-corrected chi connectivity index (χ1v) is 10.4. The minimum atomic E-state index is -3.70. The molecule has 0 unspecified atom stereocenters. The van der Waals surface area contributed by atoms with Crippen molar-refractivity contribution in [1.82, 2.24) is 9.21 Å². The van der Waals surface area contributed by atoms with Gasteiger partial charge in [0.2, 0.25) is 15.9 Å². The molecule has 0 saturated carbocycles. The quantitative estimate of drug-likeness (QED) is 0.705. The highest BCUT2D eigenvalue weighted by Gasteiger charge is 2.39. The van der Waals surface area contributed by atoms with Crippen molar-refractivity contribution >= 4 is 38.9 Å². The zero-order valence-electron chi connectivity index (χ0n) is 14.1. The fraction of sp³-hybridized carbons (Fsp3) is 0.438. The molecule has 2 heterocycles. The Morgan fingerprint density at radius 3 is 2.27 bits per heavy atom. The van der Waals surface area contributed by atoms with Gasteiger partial charge >= 0.3 is 5.97 Å². The summed E-state index contributed by atoms with van der Waals surface area (Å²) < 4.78 is 31.4. The van der Waals surface area contributed by atoms with Crippen LogP contribution in [0, 0.1) is 0 Å². The standard InChI is InChI=1S/C16H18N2O6S2/c1-24-15(20)11-2-4-13(5-3-11)26(22,23)17-8-6-12(7-9-17)18-14(19)10-25-16(18)21/h2-5,12H,6-10H2,1H3. The lowest BCUT2D eigenvalue weighted by atomic mass is 10.1. The maximum absolute atomic E-state index is 12.8. The summed E-state index contributed by atoms with van der Waals surface area (Å²) in [5.41, 5.74) is 0.272. The summed E-state index contributed by atoms with van der Waals surface area (Å²) in [5.74, 6) is -0.587. The van der Waals surface area contributed by atoms with Gasteiger partial charge in [0.05, 0.1) is 23.3 Å². The summed E-state index contributed by atoms with van der Waals surface area (Å²) in [6.07, 6.45) is 0.828. The number of rotatable bonds is 4. The first kappa shape index (κ1) is 18.9. The molecule has 1 aromatic rings. The van der Waals surface area contributed by atoms with Gasteiger partial charge in [-0.1, -0.05) is 11.8 Å². The predicted molar refractivity (Wildman–Crippen MR) is 94.3 cm³/mol. The van der Waals surface area contributed by atoms with E-state index in [-0.39, 0.29) is 46.5 Å². The number of imide groups is 1. The maximum Gasteiger partial charge on any atom is 0.337 e. The van der Waals surface area contributed by atoms with Crippen molar-refractivity contribution in [2.45, 2.75) is 23.8 Å². The Hall–Kier alpha value is -1.91. The van der Waals surface area contributed by atoms with E-state index < -0.39 is 16.0 Å². The molecule has 0 aromatic heterocycles. The SMILES string of the molecule is COC(=O)c1ccc(S(=O)(=O)N2CCC(N3C(=O)CSC3=O)CC2)cc1. The summed E-state index contributed by atoms with van der Waals surface area (Å²) in [4.78, 5) is 36.4. The Bertz CT molecular complexity index is 813.